The van der Waals surface area contributed by atoms with E-state index in [0.29, 0.717) is 5.56 Å². The van der Waals surface area contributed by atoms with Crippen molar-refractivity contribution in [1.29, 1.82) is 0 Å². The highest BCUT2D eigenvalue weighted by molar-refractivity contribution is 6.01. The van der Waals surface area contributed by atoms with Crippen molar-refractivity contribution in [2.45, 2.75) is 20.3 Å². The minimum atomic E-state index is -0.0844. The van der Waals surface area contributed by atoms with Gasteiger partial charge in [0.1, 0.15) is 0 Å². The molecule has 4 heteroatoms. The summed E-state index contributed by atoms with van der Waals surface area (Å²) in [5.74, 6) is -0.0844. The van der Waals surface area contributed by atoms with Gasteiger partial charge in [-0.2, -0.15) is 0 Å². The first-order valence-corrected chi connectivity index (χ1v) is 6.48. The maximum absolute atomic E-state index is 12.3. The molecule has 2 aromatic rings. The lowest BCUT2D eigenvalue weighted by Crippen LogP contribution is -2.24. The van der Waals surface area contributed by atoms with Crippen LogP contribution in [0.2, 0.25) is 0 Å². The molecule has 3 rings (SSSR count). The summed E-state index contributed by atoms with van der Waals surface area (Å²) in [5, 5.41) is 3.29. The SMILES string of the molecule is Cc1ccc(C)n1NC(=O)c1ccc2c(c1)NCC2. The van der Waals surface area contributed by atoms with Gasteiger partial charge in [-0.1, -0.05) is 6.07 Å². The highest BCUT2D eigenvalue weighted by Gasteiger charge is 2.14. The molecule has 0 unspecified atom stereocenters. The van der Waals surface area contributed by atoms with Crippen molar-refractivity contribution in [3.63, 3.8) is 0 Å². The summed E-state index contributed by atoms with van der Waals surface area (Å²) in [7, 11) is 0. The summed E-state index contributed by atoms with van der Waals surface area (Å²) in [6.07, 6.45) is 1.03. The fourth-order valence-electron chi connectivity index (χ4n) is 2.44. The third-order valence-corrected chi connectivity index (χ3v) is 3.57. The highest BCUT2D eigenvalue weighted by Crippen LogP contribution is 2.23. The molecule has 1 aromatic carbocycles. The zero-order valence-corrected chi connectivity index (χ0v) is 11.2. The van der Waals surface area contributed by atoms with Crippen LogP contribution in [0.5, 0.6) is 0 Å². The predicted octanol–water partition coefficient (Wildman–Crippen LogP) is 2.46. The smallest absolute Gasteiger partial charge is 0.270 e. The summed E-state index contributed by atoms with van der Waals surface area (Å²) < 4.78 is 1.81. The number of benzene rings is 1. The number of carbonyl (C=O) groups excluding carboxylic acids is 1. The van der Waals surface area contributed by atoms with Gasteiger partial charge in [-0.15, -0.1) is 0 Å². The monoisotopic (exact) mass is 255 g/mol. The molecule has 0 saturated carbocycles. The first-order chi connectivity index (χ1) is 9.15. The van der Waals surface area contributed by atoms with E-state index in [1.54, 1.807) is 0 Å². The second-order valence-corrected chi connectivity index (χ2v) is 4.94. The number of fused-ring (bicyclic) bond motifs is 1. The second kappa shape index (κ2) is 4.46. The van der Waals surface area contributed by atoms with Crippen molar-refractivity contribution in [2.75, 3.05) is 17.3 Å². The van der Waals surface area contributed by atoms with E-state index in [1.807, 2.05) is 48.9 Å². The number of amides is 1. The van der Waals surface area contributed by atoms with Crippen LogP contribution in [-0.2, 0) is 6.42 Å². The van der Waals surface area contributed by atoms with Crippen molar-refractivity contribution in [2.24, 2.45) is 0 Å². The number of nitrogens with zero attached hydrogens (tertiary/aromatic N) is 1. The summed E-state index contributed by atoms with van der Waals surface area (Å²) >= 11 is 0. The van der Waals surface area contributed by atoms with Gasteiger partial charge in [0.05, 0.1) is 0 Å². The molecule has 1 aromatic heterocycles. The predicted molar refractivity (Wildman–Crippen MR) is 76.2 cm³/mol. The zero-order valence-electron chi connectivity index (χ0n) is 11.2. The van der Waals surface area contributed by atoms with Crippen LogP contribution in [0.1, 0.15) is 27.3 Å². The first kappa shape index (κ1) is 11.8. The van der Waals surface area contributed by atoms with Crippen LogP contribution in [-0.4, -0.2) is 17.1 Å². The Kier molecular flexibility index (Phi) is 2.78. The van der Waals surface area contributed by atoms with Gasteiger partial charge in [0.2, 0.25) is 0 Å². The van der Waals surface area contributed by atoms with Crippen LogP contribution in [0.4, 0.5) is 5.69 Å². The lowest BCUT2D eigenvalue weighted by Gasteiger charge is -2.12. The minimum Gasteiger partial charge on any atom is -0.384 e. The van der Waals surface area contributed by atoms with Gasteiger partial charge in [0, 0.05) is 29.2 Å². The maximum Gasteiger partial charge on any atom is 0.270 e. The van der Waals surface area contributed by atoms with Gasteiger partial charge >= 0.3 is 0 Å². The van der Waals surface area contributed by atoms with Gasteiger partial charge in [-0.25, -0.2) is 0 Å². The number of hydrogen-bond acceptors (Lipinski definition) is 2. The number of rotatable bonds is 2. The molecule has 19 heavy (non-hydrogen) atoms. The molecule has 2 N–H and O–H groups in total. The molecule has 0 spiro atoms. The summed E-state index contributed by atoms with van der Waals surface area (Å²) in [6.45, 7) is 4.89. The Labute approximate surface area is 112 Å². The Hall–Kier alpha value is -2.23. The van der Waals surface area contributed by atoms with Gasteiger partial charge in [0.15, 0.2) is 0 Å². The first-order valence-electron chi connectivity index (χ1n) is 6.48. The van der Waals surface area contributed by atoms with E-state index in [0.717, 1.165) is 30.0 Å². The van der Waals surface area contributed by atoms with Crippen LogP contribution in [0.25, 0.3) is 0 Å². The second-order valence-electron chi connectivity index (χ2n) is 4.94. The molecule has 0 saturated heterocycles. The molecular weight excluding hydrogens is 238 g/mol. The number of aryl methyl sites for hydroxylation is 2. The Morgan fingerprint density at radius 3 is 2.68 bits per heavy atom. The molecule has 0 radical (unpaired) electrons. The van der Waals surface area contributed by atoms with Crippen LogP contribution >= 0.6 is 0 Å². The normalized spacial score (nSPS) is 12.9. The molecule has 2 heterocycles. The number of nitrogens with one attached hydrogen (secondary N) is 2. The van der Waals surface area contributed by atoms with Gasteiger partial charge in [-0.3, -0.25) is 14.9 Å². The molecule has 1 aliphatic rings. The average Bonchev–Trinajstić information content (AvgIpc) is 2.99. The highest BCUT2D eigenvalue weighted by atomic mass is 16.2. The third kappa shape index (κ3) is 2.10. The summed E-state index contributed by atoms with van der Waals surface area (Å²) in [4.78, 5) is 12.3. The van der Waals surface area contributed by atoms with E-state index in [1.165, 1.54) is 5.56 Å². The Morgan fingerprint density at radius 1 is 1.21 bits per heavy atom. The molecule has 0 aliphatic carbocycles. The molecule has 4 nitrogen and oxygen atoms in total. The quantitative estimate of drug-likeness (QED) is 0.866. The summed E-state index contributed by atoms with van der Waals surface area (Å²) in [5.41, 5.74) is 7.99. The van der Waals surface area contributed by atoms with Gasteiger partial charge < -0.3 is 5.32 Å². The Balaban J connectivity index is 1.85. The Morgan fingerprint density at radius 2 is 1.95 bits per heavy atom. The van der Waals surface area contributed by atoms with Crippen LogP contribution in [0, 0.1) is 13.8 Å². The minimum absolute atomic E-state index is 0.0844. The lowest BCUT2D eigenvalue weighted by molar-refractivity contribution is 0.101. The standard InChI is InChI=1S/C15H17N3O/c1-10-3-4-11(2)18(10)17-15(19)13-6-5-12-7-8-16-14(12)9-13/h3-6,9,16H,7-8H2,1-2H3,(H,17,19). The van der Waals surface area contributed by atoms with E-state index < -0.39 is 0 Å². The molecule has 0 bridgehead atoms. The number of carbonyl (C=O) groups is 1. The van der Waals surface area contributed by atoms with E-state index in [9.17, 15) is 4.79 Å². The number of hydrogen-bond donors (Lipinski definition) is 2. The maximum atomic E-state index is 12.3. The molecule has 1 amide bonds. The summed E-state index contributed by atoms with van der Waals surface area (Å²) in [6, 6.07) is 9.81. The molecular formula is C15H17N3O. The zero-order chi connectivity index (χ0) is 13.4. The van der Waals surface area contributed by atoms with E-state index in [4.69, 9.17) is 0 Å². The van der Waals surface area contributed by atoms with Gasteiger partial charge in [0.25, 0.3) is 5.91 Å². The van der Waals surface area contributed by atoms with Crippen molar-refractivity contribution in [3.05, 3.63) is 52.8 Å². The number of aromatic nitrogens is 1. The fourth-order valence-corrected chi connectivity index (χ4v) is 2.44. The van der Waals surface area contributed by atoms with Gasteiger partial charge in [-0.05, 0) is 50.1 Å². The van der Waals surface area contributed by atoms with E-state index >= 15 is 0 Å². The van der Waals surface area contributed by atoms with E-state index in [-0.39, 0.29) is 5.91 Å². The van der Waals surface area contributed by atoms with Crippen molar-refractivity contribution >= 4 is 11.6 Å². The molecule has 0 atom stereocenters. The van der Waals surface area contributed by atoms with Crippen molar-refractivity contribution < 1.29 is 4.79 Å². The fraction of sp³-hybridized carbons (Fsp3) is 0.267. The number of anilines is 1. The van der Waals surface area contributed by atoms with Crippen LogP contribution < -0.4 is 10.7 Å². The topological polar surface area (TPSA) is 46.1 Å². The van der Waals surface area contributed by atoms with Crippen molar-refractivity contribution in [1.82, 2.24) is 4.68 Å². The molecule has 98 valence electrons. The van der Waals surface area contributed by atoms with Crippen molar-refractivity contribution in [3.8, 4) is 0 Å². The van der Waals surface area contributed by atoms with Crippen LogP contribution in [0.3, 0.4) is 0 Å². The lowest BCUT2D eigenvalue weighted by atomic mass is 10.1. The molecule has 0 fully saturated rings. The average molecular weight is 255 g/mol. The van der Waals surface area contributed by atoms with Crippen LogP contribution in [0.15, 0.2) is 30.3 Å². The Bertz CT molecular complexity index is 623. The largest absolute Gasteiger partial charge is 0.384 e. The van der Waals surface area contributed by atoms with E-state index in [2.05, 4.69) is 10.7 Å². The third-order valence-electron chi connectivity index (χ3n) is 3.57. The molecule has 1 aliphatic heterocycles.